The molecule has 2 rings (SSSR count). The molecule has 1 saturated heterocycles. The molecule has 13 heavy (non-hydrogen) atoms. The fourth-order valence-electron chi connectivity index (χ4n) is 1.43. The Kier molecular flexibility index (Phi) is 2.57. The van der Waals surface area contributed by atoms with Crippen molar-refractivity contribution in [3.05, 3.63) is 29.6 Å². The fraction of sp³-hybridized carbons (Fsp3) is 0.500. The number of hydrogen-bond acceptors (Lipinski definition) is 3. The molecule has 0 amide bonds. The van der Waals surface area contributed by atoms with E-state index in [1.807, 2.05) is 19.2 Å². The van der Waals surface area contributed by atoms with Gasteiger partial charge in [-0.1, -0.05) is 6.07 Å². The molecule has 70 valence electrons. The van der Waals surface area contributed by atoms with Gasteiger partial charge < -0.3 is 10.1 Å². The van der Waals surface area contributed by atoms with E-state index in [0.29, 0.717) is 0 Å². The maximum absolute atomic E-state index is 5.58. The largest absolute Gasteiger partial charge is 0.369 e. The molecule has 1 atom stereocenters. The van der Waals surface area contributed by atoms with Crippen LogP contribution in [0, 0.1) is 6.92 Å². The third-order valence-electron chi connectivity index (χ3n) is 2.19. The highest BCUT2D eigenvalue weighted by Crippen LogP contribution is 2.15. The molecule has 1 aromatic heterocycles. The van der Waals surface area contributed by atoms with Gasteiger partial charge in [-0.15, -0.1) is 0 Å². The summed E-state index contributed by atoms with van der Waals surface area (Å²) in [5.74, 6) is 0. The van der Waals surface area contributed by atoms with Crippen LogP contribution < -0.4 is 5.32 Å². The number of nitrogens with zero attached hydrogens (tertiary/aromatic N) is 1. The Hall–Kier alpha value is -0.930. The van der Waals surface area contributed by atoms with Gasteiger partial charge in [0.25, 0.3) is 0 Å². The summed E-state index contributed by atoms with van der Waals surface area (Å²) in [4.78, 5) is 4.34. The van der Waals surface area contributed by atoms with Crippen LogP contribution in [0.15, 0.2) is 18.3 Å². The average Bonchev–Trinajstić information content (AvgIpc) is 2.20. The molecule has 1 fully saturated rings. The van der Waals surface area contributed by atoms with Gasteiger partial charge >= 0.3 is 0 Å². The Morgan fingerprint density at radius 1 is 1.54 bits per heavy atom. The Morgan fingerprint density at radius 3 is 3.08 bits per heavy atom. The first-order chi connectivity index (χ1) is 6.36. The minimum atomic E-state index is 0.134. The second-order valence-corrected chi connectivity index (χ2v) is 3.32. The lowest BCUT2D eigenvalue weighted by Crippen LogP contribution is -2.33. The van der Waals surface area contributed by atoms with Gasteiger partial charge in [0, 0.05) is 19.3 Å². The van der Waals surface area contributed by atoms with Crippen molar-refractivity contribution >= 4 is 0 Å². The number of rotatable bonds is 1. The Balaban J connectivity index is 2.10. The van der Waals surface area contributed by atoms with Gasteiger partial charge in [-0.05, 0) is 18.6 Å². The van der Waals surface area contributed by atoms with Gasteiger partial charge in [0.2, 0.25) is 0 Å². The molecule has 0 aliphatic carbocycles. The number of aromatic nitrogens is 1. The van der Waals surface area contributed by atoms with Crippen LogP contribution in [0.25, 0.3) is 0 Å². The van der Waals surface area contributed by atoms with Gasteiger partial charge in [0.1, 0.15) is 6.10 Å². The lowest BCUT2D eigenvalue weighted by atomic mass is 10.2. The van der Waals surface area contributed by atoms with E-state index in [4.69, 9.17) is 4.74 Å². The molecule has 0 radical (unpaired) electrons. The normalized spacial score (nSPS) is 23.0. The third kappa shape index (κ3) is 2.05. The summed E-state index contributed by atoms with van der Waals surface area (Å²) in [5.41, 5.74) is 2.21. The van der Waals surface area contributed by atoms with E-state index in [9.17, 15) is 0 Å². The molecule has 2 heterocycles. The molecule has 1 aromatic rings. The first-order valence-corrected chi connectivity index (χ1v) is 4.61. The average molecular weight is 178 g/mol. The van der Waals surface area contributed by atoms with E-state index < -0.39 is 0 Å². The van der Waals surface area contributed by atoms with Crippen molar-refractivity contribution in [2.75, 3.05) is 19.7 Å². The number of nitrogens with one attached hydrogen (secondary N) is 1. The standard InChI is InChI=1S/C10H14N2O/c1-8-2-3-9(12-6-8)10-7-11-4-5-13-10/h2-3,6,10-11H,4-5,7H2,1H3/t10-/m0/s1. The van der Waals surface area contributed by atoms with Crippen LogP contribution in [0.3, 0.4) is 0 Å². The summed E-state index contributed by atoms with van der Waals surface area (Å²) in [7, 11) is 0. The van der Waals surface area contributed by atoms with Crippen LogP contribution in [0.1, 0.15) is 17.4 Å². The highest BCUT2D eigenvalue weighted by atomic mass is 16.5. The van der Waals surface area contributed by atoms with Crippen LogP contribution >= 0.6 is 0 Å². The molecule has 1 aliphatic rings. The molecule has 1 aliphatic heterocycles. The third-order valence-corrected chi connectivity index (χ3v) is 2.19. The highest BCUT2D eigenvalue weighted by molar-refractivity contribution is 5.14. The maximum Gasteiger partial charge on any atom is 0.112 e. The second-order valence-electron chi connectivity index (χ2n) is 3.32. The van der Waals surface area contributed by atoms with Crippen molar-refractivity contribution in [2.24, 2.45) is 0 Å². The molecule has 0 aromatic carbocycles. The van der Waals surface area contributed by atoms with Gasteiger partial charge in [-0.25, -0.2) is 0 Å². The predicted molar refractivity (Wildman–Crippen MR) is 50.5 cm³/mol. The SMILES string of the molecule is Cc1ccc([C@@H]2CNCCO2)nc1. The molecule has 0 spiro atoms. The first kappa shape index (κ1) is 8.66. The van der Waals surface area contributed by atoms with Crippen LogP contribution in [0.4, 0.5) is 0 Å². The summed E-state index contributed by atoms with van der Waals surface area (Å²) in [5, 5.41) is 3.28. The fourth-order valence-corrected chi connectivity index (χ4v) is 1.43. The molecule has 3 heteroatoms. The van der Waals surface area contributed by atoms with Gasteiger partial charge in [0.05, 0.1) is 12.3 Å². The smallest absolute Gasteiger partial charge is 0.112 e. The highest BCUT2D eigenvalue weighted by Gasteiger charge is 2.15. The monoisotopic (exact) mass is 178 g/mol. The van der Waals surface area contributed by atoms with Gasteiger partial charge in [-0.3, -0.25) is 4.98 Å². The predicted octanol–water partition coefficient (Wildman–Crippen LogP) is 1.05. The Morgan fingerprint density at radius 2 is 2.46 bits per heavy atom. The summed E-state index contributed by atoms with van der Waals surface area (Å²) in [6, 6.07) is 4.10. The van der Waals surface area contributed by atoms with Crippen molar-refractivity contribution in [3.8, 4) is 0 Å². The topological polar surface area (TPSA) is 34.1 Å². The molecule has 0 bridgehead atoms. The van der Waals surface area contributed by atoms with Crippen LogP contribution in [0.2, 0.25) is 0 Å². The Labute approximate surface area is 78.1 Å². The van der Waals surface area contributed by atoms with Crippen LogP contribution in [0.5, 0.6) is 0 Å². The number of ether oxygens (including phenoxy) is 1. The number of morpholine rings is 1. The zero-order valence-corrected chi connectivity index (χ0v) is 7.79. The molecule has 1 N–H and O–H groups in total. The van der Waals surface area contributed by atoms with Crippen molar-refractivity contribution in [2.45, 2.75) is 13.0 Å². The molecule has 0 saturated carbocycles. The van der Waals surface area contributed by atoms with Crippen LogP contribution in [-0.4, -0.2) is 24.7 Å². The molecule has 3 nitrogen and oxygen atoms in total. The number of pyridine rings is 1. The maximum atomic E-state index is 5.58. The zero-order chi connectivity index (χ0) is 9.10. The number of hydrogen-bond donors (Lipinski definition) is 1. The first-order valence-electron chi connectivity index (χ1n) is 4.61. The van der Waals surface area contributed by atoms with Crippen LogP contribution in [-0.2, 0) is 4.74 Å². The Bertz CT molecular complexity index is 265. The summed E-state index contributed by atoms with van der Waals surface area (Å²) < 4.78 is 5.58. The van der Waals surface area contributed by atoms with E-state index in [2.05, 4.69) is 16.4 Å². The van der Waals surface area contributed by atoms with Crippen molar-refractivity contribution in [3.63, 3.8) is 0 Å². The number of aryl methyl sites for hydroxylation is 1. The summed E-state index contributed by atoms with van der Waals surface area (Å²) in [6.07, 6.45) is 2.02. The molecular weight excluding hydrogens is 164 g/mol. The lowest BCUT2D eigenvalue weighted by molar-refractivity contribution is 0.0250. The van der Waals surface area contributed by atoms with E-state index in [1.165, 1.54) is 5.56 Å². The molecule has 0 unspecified atom stereocenters. The van der Waals surface area contributed by atoms with Crippen molar-refractivity contribution in [1.82, 2.24) is 10.3 Å². The summed E-state index contributed by atoms with van der Waals surface area (Å²) in [6.45, 7) is 4.63. The van der Waals surface area contributed by atoms with E-state index in [1.54, 1.807) is 0 Å². The van der Waals surface area contributed by atoms with E-state index in [-0.39, 0.29) is 6.10 Å². The van der Waals surface area contributed by atoms with E-state index in [0.717, 1.165) is 25.4 Å². The van der Waals surface area contributed by atoms with Crippen molar-refractivity contribution in [1.29, 1.82) is 0 Å². The summed E-state index contributed by atoms with van der Waals surface area (Å²) >= 11 is 0. The zero-order valence-electron chi connectivity index (χ0n) is 7.79. The molecular formula is C10H14N2O. The second kappa shape index (κ2) is 3.85. The van der Waals surface area contributed by atoms with Gasteiger partial charge in [0.15, 0.2) is 0 Å². The quantitative estimate of drug-likeness (QED) is 0.698. The van der Waals surface area contributed by atoms with E-state index >= 15 is 0 Å². The lowest BCUT2D eigenvalue weighted by Gasteiger charge is -2.22. The van der Waals surface area contributed by atoms with Crippen molar-refractivity contribution < 1.29 is 4.74 Å². The van der Waals surface area contributed by atoms with Gasteiger partial charge in [-0.2, -0.15) is 0 Å². The minimum Gasteiger partial charge on any atom is -0.369 e. The minimum absolute atomic E-state index is 0.134.